The second-order valence-electron chi connectivity index (χ2n) is 3.39. The zero-order valence-corrected chi connectivity index (χ0v) is 10.6. The van der Waals surface area contributed by atoms with E-state index in [0.717, 1.165) is 0 Å². The fourth-order valence-corrected chi connectivity index (χ4v) is 1.83. The first-order valence-electron chi connectivity index (χ1n) is 4.95. The summed E-state index contributed by atoms with van der Waals surface area (Å²) in [6.07, 6.45) is 2.44. The molecule has 0 radical (unpaired) electrons. The van der Waals surface area contributed by atoms with E-state index in [0.29, 0.717) is 14.8 Å². The topological polar surface area (TPSA) is 27.1 Å². The fraction of sp³-hybridized carbons (Fsp3) is 0.182. The summed E-state index contributed by atoms with van der Waals surface area (Å²) in [6, 6.07) is 3.86. The van der Waals surface area contributed by atoms with Crippen molar-refractivity contribution < 1.29 is 17.9 Å². The number of alkyl halides is 2. The average Bonchev–Trinajstić information content (AvgIpc) is 2.76. The Morgan fingerprint density at radius 1 is 1.39 bits per heavy atom. The lowest BCUT2D eigenvalue weighted by Crippen LogP contribution is -2.07. The van der Waals surface area contributed by atoms with Crippen molar-refractivity contribution in [2.45, 2.75) is 13.2 Å². The third-order valence-electron chi connectivity index (χ3n) is 2.21. The molecule has 0 aliphatic rings. The molecule has 0 unspecified atom stereocenters. The largest absolute Gasteiger partial charge is 0.484 e. The SMILES string of the molecule is Fc1ccc(OCc2nccn2C(F)F)c(Br)c1. The van der Waals surface area contributed by atoms with Gasteiger partial charge in [0, 0.05) is 12.4 Å². The van der Waals surface area contributed by atoms with Crippen LogP contribution in [-0.4, -0.2) is 9.55 Å². The van der Waals surface area contributed by atoms with Crippen molar-refractivity contribution in [1.29, 1.82) is 0 Å². The molecule has 2 rings (SSSR count). The van der Waals surface area contributed by atoms with Crippen LogP contribution < -0.4 is 4.74 Å². The third-order valence-corrected chi connectivity index (χ3v) is 2.83. The lowest BCUT2D eigenvalue weighted by atomic mass is 10.3. The number of halogens is 4. The maximum atomic E-state index is 12.8. The van der Waals surface area contributed by atoms with Crippen molar-refractivity contribution in [2.75, 3.05) is 0 Å². The van der Waals surface area contributed by atoms with Gasteiger partial charge in [0.05, 0.1) is 4.47 Å². The van der Waals surface area contributed by atoms with Crippen LogP contribution >= 0.6 is 15.9 Å². The molecule has 1 aromatic carbocycles. The molecule has 0 aliphatic carbocycles. The van der Waals surface area contributed by atoms with Crippen molar-refractivity contribution in [3.8, 4) is 5.75 Å². The number of benzene rings is 1. The molecule has 3 nitrogen and oxygen atoms in total. The molecule has 0 aliphatic heterocycles. The minimum atomic E-state index is -2.66. The lowest BCUT2D eigenvalue weighted by Gasteiger charge is -2.09. The Bertz CT molecular complexity index is 545. The van der Waals surface area contributed by atoms with Gasteiger partial charge in [0.2, 0.25) is 0 Å². The summed E-state index contributed by atoms with van der Waals surface area (Å²) in [5.41, 5.74) is 0. The van der Waals surface area contributed by atoms with E-state index < -0.39 is 12.4 Å². The molecule has 0 spiro atoms. The first-order chi connectivity index (χ1) is 8.58. The molecule has 7 heteroatoms. The lowest BCUT2D eigenvalue weighted by molar-refractivity contribution is 0.0632. The number of aromatic nitrogens is 2. The zero-order valence-electron chi connectivity index (χ0n) is 8.99. The molecule has 0 atom stereocenters. The number of rotatable bonds is 4. The minimum absolute atomic E-state index is 0.0984. The van der Waals surface area contributed by atoms with Gasteiger partial charge in [-0.05, 0) is 34.1 Å². The summed E-state index contributed by atoms with van der Waals surface area (Å²) in [5, 5.41) is 0. The van der Waals surface area contributed by atoms with Crippen LogP contribution in [0.2, 0.25) is 0 Å². The Hall–Kier alpha value is -1.50. The van der Waals surface area contributed by atoms with Gasteiger partial charge in [0.25, 0.3) is 0 Å². The van der Waals surface area contributed by atoms with Crippen molar-refractivity contribution in [2.24, 2.45) is 0 Å². The van der Waals surface area contributed by atoms with Crippen LogP contribution in [0.3, 0.4) is 0 Å². The van der Waals surface area contributed by atoms with Gasteiger partial charge in [-0.15, -0.1) is 0 Å². The van der Waals surface area contributed by atoms with E-state index in [1.54, 1.807) is 0 Å². The third kappa shape index (κ3) is 2.84. The Morgan fingerprint density at radius 2 is 2.17 bits per heavy atom. The molecule has 0 saturated heterocycles. The van der Waals surface area contributed by atoms with Gasteiger partial charge >= 0.3 is 6.55 Å². The van der Waals surface area contributed by atoms with Crippen molar-refractivity contribution >= 4 is 15.9 Å². The molecular formula is C11H8BrF3N2O. The van der Waals surface area contributed by atoms with Crippen LogP contribution in [0, 0.1) is 5.82 Å². The average molecular weight is 321 g/mol. The Kier molecular flexibility index (Phi) is 3.90. The smallest absolute Gasteiger partial charge is 0.320 e. The van der Waals surface area contributed by atoms with Crippen LogP contribution in [0.25, 0.3) is 0 Å². The number of hydrogen-bond donors (Lipinski definition) is 0. The molecule has 18 heavy (non-hydrogen) atoms. The van der Waals surface area contributed by atoms with Crippen LogP contribution in [-0.2, 0) is 6.61 Å². The van der Waals surface area contributed by atoms with Gasteiger partial charge in [-0.2, -0.15) is 8.78 Å². The first-order valence-corrected chi connectivity index (χ1v) is 5.75. The summed E-state index contributed by atoms with van der Waals surface area (Å²) < 4.78 is 44.3. The quantitative estimate of drug-likeness (QED) is 0.857. The molecule has 96 valence electrons. The summed E-state index contributed by atoms with van der Waals surface area (Å²) in [5.74, 6) is 0.0461. The van der Waals surface area contributed by atoms with E-state index in [-0.39, 0.29) is 12.4 Å². The van der Waals surface area contributed by atoms with Crippen molar-refractivity contribution in [3.05, 3.63) is 46.7 Å². The molecule has 0 N–H and O–H groups in total. The summed E-state index contributed by atoms with van der Waals surface area (Å²) in [7, 11) is 0. The van der Waals surface area contributed by atoms with Crippen molar-refractivity contribution in [1.82, 2.24) is 9.55 Å². The van der Waals surface area contributed by atoms with Crippen LogP contribution in [0.15, 0.2) is 35.1 Å². The normalized spacial score (nSPS) is 10.9. The molecule has 0 saturated carbocycles. The van der Waals surface area contributed by atoms with Gasteiger partial charge < -0.3 is 4.74 Å². The van der Waals surface area contributed by atoms with Crippen molar-refractivity contribution in [3.63, 3.8) is 0 Å². The predicted octanol–water partition coefficient (Wildman–Crippen LogP) is 3.76. The van der Waals surface area contributed by atoms with E-state index >= 15 is 0 Å². The number of hydrogen-bond acceptors (Lipinski definition) is 2. The van der Waals surface area contributed by atoms with E-state index in [4.69, 9.17) is 4.74 Å². The van der Waals surface area contributed by atoms with Crippen LogP contribution in [0.1, 0.15) is 12.4 Å². The van der Waals surface area contributed by atoms with Crippen LogP contribution in [0.4, 0.5) is 13.2 Å². The maximum Gasteiger partial charge on any atom is 0.320 e. The number of nitrogens with zero attached hydrogens (tertiary/aromatic N) is 2. The monoisotopic (exact) mass is 320 g/mol. The van der Waals surface area contributed by atoms with E-state index in [1.165, 1.54) is 30.6 Å². The molecule has 1 heterocycles. The fourth-order valence-electron chi connectivity index (χ4n) is 1.37. The van der Waals surface area contributed by atoms with E-state index in [2.05, 4.69) is 20.9 Å². The van der Waals surface area contributed by atoms with E-state index in [9.17, 15) is 13.2 Å². The Labute approximate surface area is 109 Å². The van der Waals surface area contributed by atoms with Crippen LogP contribution in [0.5, 0.6) is 5.75 Å². The highest BCUT2D eigenvalue weighted by molar-refractivity contribution is 9.10. The van der Waals surface area contributed by atoms with Gasteiger partial charge in [0.1, 0.15) is 18.2 Å². The molecule has 0 bridgehead atoms. The second kappa shape index (κ2) is 5.43. The number of ether oxygens (including phenoxy) is 1. The standard InChI is InChI=1S/C11H8BrF3N2O/c12-8-5-7(13)1-2-9(8)18-6-10-16-3-4-17(10)11(14)15/h1-5,11H,6H2. The maximum absolute atomic E-state index is 12.8. The van der Waals surface area contributed by atoms with Gasteiger partial charge in [0.15, 0.2) is 5.82 Å². The molecular weight excluding hydrogens is 313 g/mol. The predicted molar refractivity (Wildman–Crippen MR) is 61.9 cm³/mol. The Balaban J connectivity index is 2.09. The molecule has 0 fully saturated rings. The highest BCUT2D eigenvalue weighted by Crippen LogP contribution is 2.26. The van der Waals surface area contributed by atoms with Gasteiger partial charge in [-0.25, -0.2) is 9.37 Å². The highest BCUT2D eigenvalue weighted by Gasteiger charge is 2.12. The molecule has 0 amide bonds. The summed E-state index contributed by atoms with van der Waals surface area (Å²) in [6.45, 7) is -2.79. The van der Waals surface area contributed by atoms with Gasteiger partial charge in [-0.3, -0.25) is 4.57 Å². The highest BCUT2D eigenvalue weighted by atomic mass is 79.9. The minimum Gasteiger partial charge on any atom is -0.484 e. The zero-order chi connectivity index (χ0) is 13.1. The second-order valence-corrected chi connectivity index (χ2v) is 4.25. The summed E-state index contributed by atoms with van der Waals surface area (Å²) in [4.78, 5) is 3.77. The molecule has 1 aromatic heterocycles. The summed E-state index contributed by atoms with van der Waals surface area (Å²) >= 11 is 3.12. The molecule has 2 aromatic rings. The Morgan fingerprint density at radius 3 is 2.83 bits per heavy atom. The van der Waals surface area contributed by atoms with Gasteiger partial charge in [-0.1, -0.05) is 0 Å². The van der Waals surface area contributed by atoms with E-state index in [1.807, 2.05) is 0 Å². The first kappa shape index (κ1) is 12.9. The number of imidazole rings is 1.